The smallest absolute Gasteiger partial charge is 0.302 e. The van der Waals surface area contributed by atoms with Gasteiger partial charge in [-0.2, -0.15) is 0 Å². The van der Waals surface area contributed by atoms with Gasteiger partial charge in [0, 0.05) is 6.92 Å². The number of carbonyl (C=O) groups excluding carboxylic acids is 1. The molecule has 0 aliphatic heterocycles. The van der Waals surface area contributed by atoms with Crippen LogP contribution in [0.1, 0.15) is 27.7 Å². The first kappa shape index (κ1) is 17.2. The summed E-state index contributed by atoms with van der Waals surface area (Å²) in [6, 6.07) is 0. The molecule has 0 bridgehead atoms. The Labute approximate surface area is 75.9 Å². The second-order valence-electron chi connectivity index (χ2n) is 1.79. The molecule has 72 valence electrons. The van der Waals surface area contributed by atoms with E-state index >= 15 is 0 Å². The Morgan fingerprint density at radius 1 is 1.42 bits per heavy atom. The highest BCUT2D eigenvalue weighted by Crippen LogP contribution is 1.73. The largest absolute Gasteiger partial charge is 0.462 e. The minimum atomic E-state index is -0.264. The van der Waals surface area contributed by atoms with Gasteiger partial charge in [-0.05, 0) is 6.42 Å². The maximum absolute atomic E-state index is 9.93. The minimum Gasteiger partial charge on any atom is -0.462 e. The average Bonchev–Trinajstić information content (AvgIpc) is 2.01. The van der Waals surface area contributed by atoms with Crippen molar-refractivity contribution >= 4 is 5.97 Å². The summed E-state index contributed by atoms with van der Waals surface area (Å²) < 4.78 is 4.43. The van der Waals surface area contributed by atoms with Crippen molar-refractivity contribution in [3.05, 3.63) is 25.3 Å². The van der Waals surface area contributed by atoms with Crippen molar-refractivity contribution in [3.63, 3.8) is 0 Å². The van der Waals surface area contributed by atoms with E-state index in [1.807, 2.05) is 6.08 Å². The van der Waals surface area contributed by atoms with Crippen LogP contribution in [0.3, 0.4) is 0 Å². The number of carbonyl (C=O) groups is 1. The van der Waals surface area contributed by atoms with Gasteiger partial charge in [0.05, 0.1) is 0 Å². The molecular formula is C10H20O2. The van der Waals surface area contributed by atoms with E-state index in [1.165, 1.54) is 13.0 Å². The number of rotatable bonds is 3. The van der Waals surface area contributed by atoms with Gasteiger partial charge in [0.25, 0.3) is 0 Å². The van der Waals surface area contributed by atoms with E-state index in [4.69, 9.17) is 0 Å². The zero-order chi connectivity index (χ0) is 9.11. The zero-order valence-corrected chi connectivity index (χ0v) is 7.30. The van der Waals surface area contributed by atoms with E-state index < -0.39 is 0 Å². The zero-order valence-electron chi connectivity index (χ0n) is 7.30. The third kappa shape index (κ3) is 36.3. The molecule has 12 heavy (non-hydrogen) atoms. The van der Waals surface area contributed by atoms with E-state index in [1.54, 1.807) is 0 Å². The van der Waals surface area contributed by atoms with E-state index in [-0.39, 0.29) is 13.4 Å². The molecule has 0 aliphatic rings. The highest BCUT2D eigenvalue weighted by atomic mass is 16.5. The van der Waals surface area contributed by atoms with Crippen LogP contribution >= 0.6 is 0 Å². The first-order valence-corrected chi connectivity index (χ1v) is 3.54. The molecule has 0 amide bonds. The van der Waals surface area contributed by atoms with Gasteiger partial charge in [-0.3, -0.25) is 4.79 Å². The topological polar surface area (TPSA) is 26.3 Å². The molecule has 2 heteroatoms. The average molecular weight is 172 g/mol. The van der Waals surface area contributed by atoms with E-state index in [0.29, 0.717) is 6.61 Å². The van der Waals surface area contributed by atoms with Gasteiger partial charge < -0.3 is 4.74 Å². The Bertz CT molecular complexity index is 117. The van der Waals surface area contributed by atoms with Crippen LogP contribution in [-0.4, -0.2) is 12.6 Å². The fraction of sp³-hybridized carbons (Fsp3) is 0.500. The van der Waals surface area contributed by atoms with Crippen LogP contribution in [0, 0.1) is 0 Å². The highest BCUT2D eigenvalue weighted by molar-refractivity contribution is 5.65. The molecule has 0 unspecified atom stereocenters. The maximum Gasteiger partial charge on any atom is 0.302 e. The fourth-order valence-electron chi connectivity index (χ4n) is 0.176. The van der Waals surface area contributed by atoms with Crippen LogP contribution < -0.4 is 0 Å². The molecule has 0 aromatic carbocycles. The first-order valence-electron chi connectivity index (χ1n) is 3.54. The molecule has 0 rings (SSSR count). The van der Waals surface area contributed by atoms with Crippen LogP contribution in [0.5, 0.6) is 0 Å². The summed E-state index contributed by atoms with van der Waals surface area (Å²) in [5.74, 6) is -0.264. The quantitative estimate of drug-likeness (QED) is 0.483. The predicted molar refractivity (Wildman–Crippen MR) is 54.0 cm³/mol. The first-order chi connectivity index (χ1) is 5.18. The summed E-state index contributed by atoms with van der Waals surface area (Å²) in [4.78, 5) is 9.93. The van der Waals surface area contributed by atoms with Gasteiger partial charge in [0.1, 0.15) is 6.61 Å². The van der Waals surface area contributed by atoms with Gasteiger partial charge in [-0.25, -0.2) is 0 Å². The fourth-order valence-corrected chi connectivity index (χ4v) is 0.176. The van der Waals surface area contributed by atoms with Crippen LogP contribution in [0.25, 0.3) is 0 Å². The number of esters is 1. The molecule has 0 spiro atoms. The number of ether oxygens (including phenoxy) is 1. The van der Waals surface area contributed by atoms with Crippen molar-refractivity contribution in [2.75, 3.05) is 6.61 Å². The maximum atomic E-state index is 9.93. The monoisotopic (exact) mass is 172 g/mol. The number of hydrogen-bond acceptors (Lipinski definition) is 2. The molecule has 0 aromatic rings. The standard InChI is InChI=1S/C5H8O2.C4H8.CH4/c1-3-4-7-5(2)6;1-3-4-2;/h3H,1,4H2,2H3;3H,1,4H2,2H3;1H4. The summed E-state index contributed by atoms with van der Waals surface area (Å²) >= 11 is 0. The number of hydrogen-bond donors (Lipinski definition) is 0. The minimum absolute atomic E-state index is 0. The van der Waals surface area contributed by atoms with Crippen molar-refractivity contribution in [1.82, 2.24) is 0 Å². The SMILES string of the molecule is C.C=CCC.C=CCOC(C)=O. The Kier molecular flexibility index (Phi) is 23.6. The van der Waals surface area contributed by atoms with Gasteiger partial charge in [0.15, 0.2) is 0 Å². The molecule has 0 saturated carbocycles. The summed E-state index contributed by atoms with van der Waals surface area (Å²) in [7, 11) is 0. The predicted octanol–water partition coefficient (Wildman–Crippen LogP) is 2.95. The molecular weight excluding hydrogens is 152 g/mol. The summed E-state index contributed by atoms with van der Waals surface area (Å²) in [5.41, 5.74) is 0. The van der Waals surface area contributed by atoms with Crippen molar-refractivity contribution in [3.8, 4) is 0 Å². The Morgan fingerprint density at radius 3 is 1.92 bits per heavy atom. The van der Waals surface area contributed by atoms with Gasteiger partial charge in [-0.15, -0.1) is 6.58 Å². The van der Waals surface area contributed by atoms with E-state index in [2.05, 4.69) is 24.8 Å². The second kappa shape index (κ2) is 16.5. The lowest BCUT2D eigenvalue weighted by molar-refractivity contribution is -0.139. The molecule has 0 aliphatic carbocycles. The highest BCUT2D eigenvalue weighted by Gasteiger charge is 1.83. The summed E-state index contributed by atoms with van der Waals surface area (Å²) in [6.45, 7) is 10.6. The molecule has 0 saturated heterocycles. The lowest BCUT2D eigenvalue weighted by Gasteiger charge is -1.90. The molecule has 0 aromatic heterocycles. The van der Waals surface area contributed by atoms with Crippen LogP contribution in [0.2, 0.25) is 0 Å². The van der Waals surface area contributed by atoms with E-state index in [9.17, 15) is 4.79 Å². The lowest BCUT2D eigenvalue weighted by Crippen LogP contribution is -1.96. The third-order valence-electron chi connectivity index (χ3n) is 0.693. The van der Waals surface area contributed by atoms with Crippen LogP contribution in [0.15, 0.2) is 25.3 Å². The van der Waals surface area contributed by atoms with Crippen LogP contribution in [-0.2, 0) is 9.53 Å². The summed E-state index contributed by atoms with van der Waals surface area (Å²) in [5, 5.41) is 0. The van der Waals surface area contributed by atoms with E-state index in [0.717, 1.165) is 6.42 Å². The molecule has 0 fully saturated rings. The van der Waals surface area contributed by atoms with Crippen molar-refractivity contribution < 1.29 is 9.53 Å². The third-order valence-corrected chi connectivity index (χ3v) is 0.693. The van der Waals surface area contributed by atoms with Gasteiger partial charge in [-0.1, -0.05) is 33.1 Å². The lowest BCUT2D eigenvalue weighted by atomic mass is 10.5. The Balaban J connectivity index is -0.000000142. The summed E-state index contributed by atoms with van der Waals surface area (Å²) in [6.07, 6.45) is 4.49. The molecule has 0 N–H and O–H groups in total. The normalized spacial score (nSPS) is 6.50. The molecule has 0 radical (unpaired) electrons. The Morgan fingerprint density at radius 2 is 1.83 bits per heavy atom. The molecule has 0 heterocycles. The van der Waals surface area contributed by atoms with Crippen molar-refractivity contribution in [2.45, 2.75) is 27.7 Å². The Hall–Kier alpha value is -1.05. The van der Waals surface area contributed by atoms with Gasteiger partial charge >= 0.3 is 5.97 Å². The number of allylic oxidation sites excluding steroid dienone is 1. The molecule has 0 atom stereocenters. The molecule has 2 nitrogen and oxygen atoms in total. The van der Waals surface area contributed by atoms with Crippen molar-refractivity contribution in [2.24, 2.45) is 0 Å². The van der Waals surface area contributed by atoms with Crippen molar-refractivity contribution in [1.29, 1.82) is 0 Å². The van der Waals surface area contributed by atoms with Crippen LogP contribution in [0.4, 0.5) is 0 Å². The van der Waals surface area contributed by atoms with Gasteiger partial charge in [0.2, 0.25) is 0 Å². The second-order valence-corrected chi connectivity index (χ2v) is 1.79.